The number of methoxy groups -OCH3 is 1. The van der Waals surface area contributed by atoms with Gasteiger partial charge in [0.15, 0.2) is 0 Å². The SMILES string of the molecule is COC(=O)NCCC(=O)N(C(C)C)C(C)C. The van der Waals surface area contributed by atoms with Gasteiger partial charge in [0.1, 0.15) is 0 Å². The minimum Gasteiger partial charge on any atom is -0.453 e. The van der Waals surface area contributed by atoms with Crippen molar-refractivity contribution in [1.82, 2.24) is 10.2 Å². The van der Waals surface area contributed by atoms with Crippen molar-refractivity contribution in [3.8, 4) is 0 Å². The molecule has 16 heavy (non-hydrogen) atoms. The maximum atomic E-state index is 11.8. The molecule has 0 bridgehead atoms. The Kier molecular flexibility index (Phi) is 6.53. The summed E-state index contributed by atoms with van der Waals surface area (Å²) in [6.45, 7) is 8.22. The molecule has 1 N–H and O–H groups in total. The number of nitrogens with one attached hydrogen (secondary N) is 1. The standard InChI is InChI=1S/C11H22N2O3/c1-8(2)13(9(3)4)10(14)6-7-12-11(15)16-5/h8-9H,6-7H2,1-5H3,(H,12,15). The van der Waals surface area contributed by atoms with Crippen LogP contribution < -0.4 is 5.32 Å². The molecule has 5 nitrogen and oxygen atoms in total. The molecule has 0 aromatic carbocycles. The molecular formula is C11H22N2O3. The van der Waals surface area contributed by atoms with Crippen LogP contribution in [0.2, 0.25) is 0 Å². The third-order valence-corrected chi connectivity index (χ3v) is 2.19. The Morgan fingerprint density at radius 1 is 1.19 bits per heavy atom. The van der Waals surface area contributed by atoms with Gasteiger partial charge >= 0.3 is 6.09 Å². The van der Waals surface area contributed by atoms with E-state index in [0.29, 0.717) is 13.0 Å². The molecule has 0 aliphatic heterocycles. The van der Waals surface area contributed by atoms with Crippen molar-refractivity contribution in [3.05, 3.63) is 0 Å². The molecule has 0 aliphatic rings. The Labute approximate surface area is 97.1 Å². The number of rotatable bonds is 5. The smallest absolute Gasteiger partial charge is 0.406 e. The van der Waals surface area contributed by atoms with Gasteiger partial charge in [-0.25, -0.2) is 4.79 Å². The van der Waals surface area contributed by atoms with E-state index in [0.717, 1.165) is 0 Å². The number of nitrogens with zero attached hydrogens (tertiary/aromatic N) is 1. The maximum Gasteiger partial charge on any atom is 0.406 e. The van der Waals surface area contributed by atoms with Gasteiger partial charge in [0.25, 0.3) is 0 Å². The average molecular weight is 230 g/mol. The van der Waals surface area contributed by atoms with E-state index in [1.54, 1.807) is 4.90 Å². The number of carbonyl (C=O) groups excluding carboxylic acids is 2. The molecule has 0 heterocycles. The van der Waals surface area contributed by atoms with Crippen LogP contribution in [-0.2, 0) is 9.53 Å². The lowest BCUT2D eigenvalue weighted by molar-refractivity contribution is -0.134. The number of hydrogen-bond donors (Lipinski definition) is 1. The highest BCUT2D eigenvalue weighted by Crippen LogP contribution is 2.06. The molecule has 0 spiro atoms. The molecule has 5 heteroatoms. The van der Waals surface area contributed by atoms with E-state index in [4.69, 9.17) is 0 Å². The first-order valence-electron chi connectivity index (χ1n) is 5.53. The average Bonchev–Trinajstić information content (AvgIpc) is 2.16. The van der Waals surface area contributed by atoms with Crippen molar-refractivity contribution in [2.75, 3.05) is 13.7 Å². The molecular weight excluding hydrogens is 208 g/mol. The van der Waals surface area contributed by atoms with Crippen LogP contribution in [0, 0.1) is 0 Å². The number of carbonyl (C=O) groups is 2. The summed E-state index contributed by atoms with van der Waals surface area (Å²) >= 11 is 0. The summed E-state index contributed by atoms with van der Waals surface area (Å²) in [5.74, 6) is 0.0430. The minimum absolute atomic E-state index is 0.0430. The monoisotopic (exact) mass is 230 g/mol. The molecule has 0 radical (unpaired) electrons. The Hall–Kier alpha value is -1.26. The summed E-state index contributed by atoms with van der Waals surface area (Å²) in [6, 6.07) is 0.344. The number of ether oxygens (including phenoxy) is 1. The molecule has 0 saturated carbocycles. The fourth-order valence-corrected chi connectivity index (χ4v) is 1.65. The van der Waals surface area contributed by atoms with Crippen molar-refractivity contribution < 1.29 is 14.3 Å². The van der Waals surface area contributed by atoms with E-state index in [1.807, 2.05) is 27.7 Å². The lowest BCUT2D eigenvalue weighted by Crippen LogP contribution is -2.43. The second kappa shape index (κ2) is 7.09. The van der Waals surface area contributed by atoms with E-state index >= 15 is 0 Å². The zero-order chi connectivity index (χ0) is 12.7. The molecule has 0 saturated heterocycles. The Bertz CT molecular complexity index is 231. The Morgan fingerprint density at radius 2 is 1.69 bits per heavy atom. The number of alkyl carbamates (subject to hydrolysis) is 1. The molecule has 0 fully saturated rings. The van der Waals surface area contributed by atoms with E-state index in [2.05, 4.69) is 10.1 Å². The molecule has 94 valence electrons. The highest BCUT2D eigenvalue weighted by molar-refractivity contribution is 5.77. The van der Waals surface area contributed by atoms with Gasteiger partial charge in [0.2, 0.25) is 5.91 Å². The van der Waals surface area contributed by atoms with Crippen LogP contribution in [0.15, 0.2) is 0 Å². The predicted octanol–water partition coefficient (Wildman–Crippen LogP) is 1.38. The third-order valence-electron chi connectivity index (χ3n) is 2.19. The summed E-state index contributed by atoms with van der Waals surface area (Å²) < 4.78 is 4.41. The van der Waals surface area contributed by atoms with Crippen LogP contribution in [0.1, 0.15) is 34.1 Å². The van der Waals surface area contributed by atoms with Gasteiger partial charge in [-0.2, -0.15) is 0 Å². The quantitative estimate of drug-likeness (QED) is 0.776. The maximum absolute atomic E-state index is 11.8. The molecule has 0 rings (SSSR count). The number of hydrogen-bond acceptors (Lipinski definition) is 3. The van der Waals surface area contributed by atoms with Crippen molar-refractivity contribution in [2.24, 2.45) is 0 Å². The van der Waals surface area contributed by atoms with Crippen LogP contribution in [0.25, 0.3) is 0 Å². The lowest BCUT2D eigenvalue weighted by Gasteiger charge is -2.30. The summed E-state index contributed by atoms with van der Waals surface area (Å²) in [4.78, 5) is 24.4. The zero-order valence-corrected chi connectivity index (χ0v) is 10.7. The van der Waals surface area contributed by atoms with Crippen molar-refractivity contribution in [3.63, 3.8) is 0 Å². The summed E-state index contributed by atoms with van der Waals surface area (Å²) in [7, 11) is 1.30. The van der Waals surface area contributed by atoms with Gasteiger partial charge in [-0.1, -0.05) is 0 Å². The van der Waals surface area contributed by atoms with Gasteiger partial charge in [0.05, 0.1) is 7.11 Å². The van der Waals surface area contributed by atoms with E-state index in [1.165, 1.54) is 7.11 Å². The molecule has 0 aromatic heterocycles. The van der Waals surface area contributed by atoms with Crippen molar-refractivity contribution in [2.45, 2.75) is 46.2 Å². The van der Waals surface area contributed by atoms with Gasteiger partial charge in [-0.05, 0) is 27.7 Å². The second-order valence-corrected chi connectivity index (χ2v) is 4.16. The Morgan fingerprint density at radius 3 is 2.06 bits per heavy atom. The van der Waals surface area contributed by atoms with Gasteiger partial charge in [0, 0.05) is 25.0 Å². The topological polar surface area (TPSA) is 58.6 Å². The zero-order valence-electron chi connectivity index (χ0n) is 10.7. The Balaban J connectivity index is 4.07. The van der Waals surface area contributed by atoms with E-state index < -0.39 is 6.09 Å². The van der Waals surface area contributed by atoms with Crippen LogP contribution in [0.3, 0.4) is 0 Å². The predicted molar refractivity (Wildman–Crippen MR) is 62.1 cm³/mol. The highest BCUT2D eigenvalue weighted by atomic mass is 16.5. The van der Waals surface area contributed by atoms with Crippen LogP contribution in [0.4, 0.5) is 4.79 Å². The summed E-state index contributed by atoms with van der Waals surface area (Å²) in [5.41, 5.74) is 0. The minimum atomic E-state index is -0.506. The van der Waals surface area contributed by atoms with Gasteiger partial charge < -0.3 is 15.0 Å². The molecule has 0 aromatic rings. The lowest BCUT2D eigenvalue weighted by atomic mass is 10.2. The van der Waals surface area contributed by atoms with Gasteiger partial charge in [-0.3, -0.25) is 4.79 Å². The summed E-state index contributed by atoms with van der Waals surface area (Å²) in [5, 5.41) is 2.49. The number of amides is 2. The first kappa shape index (κ1) is 14.7. The van der Waals surface area contributed by atoms with Crippen LogP contribution >= 0.6 is 0 Å². The molecule has 0 unspecified atom stereocenters. The van der Waals surface area contributed by atoms with Crippen molar-refractivity contribution >= 4 is 12.0 Å². The largest absolute Gasteiger partial charge is 0.453 e. The second-order valence-electron chi connectivity index (χ2n) is 4.16. The normalized spacial score (nSPS) is 10.4. The van der Waals surface area contributed by atoms with Crippen LogP contribution in [0.5, 0.6) is 0 Å². The summed E-state index contributed by atoms with van der Waals surface area (Å²) in [6.07, 6.45) is -0.209. The van der Waals surface area contributed by atoms with E-state index in [9.17, 15) is 9.59 Å². The van der Waals surface area contributed by atoms with E-state index in [-0.39, 0.29) is 18.0 Å². The van der Waals surface area contributed by atoms with Gasteiger partial charge in [-0.15, -0.1) is 0 Å². The van der Waals surface area contributed by atoms with Crippen LogP contribution in [-0.4, -0.2) is 42.6 Å². The molecule has 0 atom stereocenters. The fraction of sp³-hybridized carbons (Fsp3) is 0.818. The third kappa shape index (κ3) is 5.00. The fourth-order valence-electron chi connectivity index (χ4n) is 1.65. The molecule has 0 aliphatic carbocycles. The first-order valence-corrected chi connectivity index (χ1v) is 5.53. The van der Waals surface area contributed by atoms with Crippen molar-refractivity contribution in [1.29, 1.82) is 0 Å². The highest BCUT2D eigenvalue weighted by Gasteiger charge is 2.19. The molecule has 2 amide bonds. The first-order chi connectivity index (χ1) is 7.40.